The Morgan fingerprint density at radius 1 is 0.932 bits per heavy atom. The largest absolute Gasteiger partial charge is 0.495 e. The molecule has 0 radical (unpaired) electrons. The zero-order valence-corrected chi connectivity index (χ0v) is 36.6. The summed E-state index contributed by atoms with van der Waals surface area (Å²) in [7, 11) is 0. The monoisotopic (exact) mass is 825 g/mol. The third kappa shape index (κ3) is 11.1. The van der Waals surface area contributed by atoms with E-state index in [1.54, 1.807) is 26.8 Å². The van der Waals surface area contributed by atoms with Crippen molar-refractivity contribution < 1.29 is 48.0 Å². The van der Waals surface area contributed by atoms with E-state index in [1.165, 1.54) is 37.8 Å². The first-order valence-corrected chi connectivity index (χ1v) is 22.6. The molecule has 0 aromatic rings. The van der Waals surface area contributed by atoms with Gasteiger partial charge in [0.2, 0.25) is 5.78 Å². The van der Waals surface area contributed by atoms with Gasteiger partial charge in [-0.25, -0.2) is 4.39 Å². The number of allylic oxidation sites excluding steroid dienone is 9. The van der Waals surface area contributed by atoms with Crippen LogP contribution < -0.4 is 0 Å². The topological polar surface area (TPSA) is 136 Å². The first-order valence-electron chi connectivity index (χ1n) is 22.6. The summed E-state index contributed by atoms with van der Waals surface area (Å²) in [6, 6.07) is 0. The number of Topliss-reactive ketones (excluding diaryl/α,β-unsaturated/α-hetero) is 1. The second-order valence-corrected chi connectivity index (χ2v) is 18.1. The Morgan fingerprint density at radius 2 is 1.61 bits per heavy atom. The average Bonchev–Trinajstić information content (AvgIpc) is 3.41. The molecule has 10 heteroatoms. The number of halogens is 1. The summed E-state index contributed by atoms with van der Waals surface area (Å²) in [4.78, 5) is 51.2. The van der Waals surface area contributed by atoms with Crippen LogP contribution in [-0.4, -0.2) is 70.4 Å². The third-order valence-corrected chi connectivity index (χ3v) is 14.2. The predicted molar refractivity (Wildman–Crippen MR) is 228 cm³/mol. The van der Waals surface area contributed by atoms with Crippen molar-refractivity contribution in [3.05, 3.63) is 60.4 Å². The number of unbranched alkanes of at least 4 members (excludes halogenated alkanes) is 8. The summed E-state index contributed by atoms with van der Waals surface area (Å²) >= 11 is 0. The number of aliphatic hydroxyl groups is 2. The highest BCUT2D eigenvalue weighted by atomic mass is 19.1. The molecule has 0 aromatic carbocycles. The second kappa shape index (κ2) is 21.9. The summed E-state index contributed by atoms with van der Waals surface area (Å²) in [6.45, 7) is 12.7. The fourth-order valence-corrected chi connectivity index (χ4v) is 10.6. The zero-order valence-electron chi connectivity index (χ0n) is 36.6. The second-order valence-electron chi connectivity index (χ2n) is 18.1. The van der Waals surface area contributed by atoms with Gasteiger partial charge in [-0.1, -0.05) is 102 Å². The van der Waals surface area contributed by atoms with Gasteiger partial charge < -0.3 is 24.4 Å². The molecule has 0 aliphatic heterocycles. The summed E-state index contributed by atoms with van der Waals surface area (Å²) in [5.74, 6) is -3.12. The lowest BCUT2D eigenvalue weighted by Crippen LogP contribution is -2.69. The van der Waals surface area contributed by atoms with Gasteiger partial charge in [0.15, 0.2) is 18.1 Å². The van der Waals surface area contributed by atoms with Gasteiger partial charge in [-0.05, 0) is 102 Å². The highest BCUT2D eigenvalue weighted by molar-refractivity contribution is 6.01. The molecule has 0 saturated heterocycles. The number of carbonyl (C=O) groups is 4. The van der Waals surface area contributed by atoms with Crippen molar-refractivity contribution in [3.8, 4) is 0 Å². The smallest absolute Gasteiger partial charge is 0.306 e. The molecule has 2 N–H and O–H groups in total. The fraction of sp³-hybridized carbons (Fsp3) is 0.714. The molecule has 4 aliphatic rings. The van der Waals surface area contributed by atoms with Gasteiger partial charge in [0, 0.05) is 29.6 Å². The van der Waals surface area contributed by atoms with E-state index < -0.39 is 70.4 Å². The van der Waals surface area contributed by atoms with E-state index in [0.717, 1.165) is 44.9 Å². The van der Waals surface area contributed by atoms with E-state index in [9.17, 15) is 29.4 Å². The van der Waals surface area contributed by atoms with Gasteiger partial charge >= 0.3 is 11.9 Å². The van der Waals surface area contributed by atoms with Gasteiger partial charge in [0.1, 0.15) is 18.3 Å². The van der Waals surface area contributed by atoms with Gasteiger partial charge in [-0.15, -0.1) is 0 Å². The lowest BCUT2D eigenvalue weighted by atomic mass is 9.44. The normalized spacial score (nSPS) is 31.7. The van der Waals surface area contributed by atoms with Crippen LogP contribution in [0.4, 0.5) is 4.39 Å². The first-order chi connectivity index (χ1) is 28.1. The van der Waals surface area contributed by atoms with Crippen molar-refractivity contribution in [2.24, 2.45) is 28.6 Å². The van der Waals surface area contributed by atoms with E-state index in [4.69, 9.17) is 14.2 Å². The van der Waals surface area contributed by atoms with Gasteiger partial charge in [0.05, 0.1) is 18.3 Å². The van der Waals surface area contributed by atoms with E-state index in [2.05, 4.69) is 37.8 Å². The Balaban J connectivity index is 1.12. The molecule has 0 amide bonds. The quantitative estimate of drug-likeness (QED) is 0.0399. The standard InChI is InChI=1S/C49H73FO9/c1-7-9-10-11-12-13-14-15-16-17-18-19-20-21-22-23-45(55)59-39(8-2)33-57-36(4)24-27-44(54)58-34-43(53)49(56)35(3)30-41-40-26-25-37-31-38(51)28-29-46(37,5)48(40,50)42(52)32-47(41,49)6/h12-13,15-16,28-29,31,35,39-42,52,56H,4,7-11,14,17-27,30,32-34H2,1-3,5-6H3/b13-12-,16-15-/t35-,39?,40+,41+,42+,46+,47+,48+,49+/m1/s1. The van der Waals surface area contributed by atoms with Crippen molar-refractivity contribution in [1.29, 1.82) is 0 Å². The minimum atomic E-state index is -2.08. The number of aliphatic hydroxyl groups excluding tert-OH is 1. The molecule has 0 spiro atoms. The van der Waals surface area contributed by atoms with Crippen molar-refractivity contribution in [1.82, 2.24) is 0 Å². The number of ketones is 2. The highest BCUT2D eigenvalue weighted by Gasteiger charge is 2.75. The maximum absolute atomic E-state index is 17.4. The number of esters is 2. The van der Waals surface area contributed by atoms with Crippen molar-refractivity contribution in [3.63, 3.8) is 0 Å². The van der Waals surface area contributed by atoms with Crippen molar-refractivity contribution in [2.75, 3.05) is 13.2 Å². The maximum atomic E-state index is 17.4. The number of rotatable bonds is 25. The molecule has 3 saturated carbocycles. The Kier molecular flexibility index (Phi) is 18.0. The summed E-state index contributed by atoms with van der Waals surface area (Å²) in [5.41, 5.74) is -5.70. The van der Waals surface area contributed by atoms with Crippen LogP contribution in [0.3, 0.4) is 0 Å². The maximum Gasteiger partial charge on any atom is 0.306 e. The zero-order chi connectivity index (χ0) is 43.3. The number of hydrogen-bond acceptors (Lipinski definition) is 9. The number of carbonyl (C=O) groups excluding carboxylic acids is 4. The van der Waals surface area contributed by atoms with E-state index >= 15 is 4.39 Å². The molecule has 0 aromatic heterocycles. The summed E-state index contributed by atoms with van der Waals surface area (Å²) < 4.78 is 34.1. The number of alkyl halides is 1. The van der Waals surface area contributed by atoms with Gasteiger partial charge in [-0.2, -0.15) is 0 Å². The summed E-state index contributed by atoms with van der Waals surface area (Å²) in [6.07, 6.45) is 25.7. The Bertz CT molecular complexity index is 1600. The average molecular weight is 825 g/mol. The molecule has 9 nitrogen and oxygen atoms in total. The van der Waals surface area contributed by atoms with Crippen molar-refractivity contribution >= 4 is 23.5 Å². The SMILES string of the molecule is C=C(CCC(=O)OCC(=O)[C@@]1(O)[C@H](C)C[C@H]2[C@@H]3CCC4=CC(=O)C=C[C@]4(C)[C@@]3(F)[C@@H](O)C[C@@]21C)OCC(CC)OC(=O)CCCCCCC/C=C\C/C=C\CCCCC. The Hall–Kier alpha value is -3.37. The fourth-order valence-electron chi connectivity index (χ4n) is 10.6. The number of fused-ring (bicyclic) bond motifs is 5. The van der Waals surface area contributed by atoms with E-state index in [1.807, 2.05) is 6.92 Å². The molecule has 4 rings (SSSR count). The highest BCUT2D eigenvalue weighted by Crippen LogP contribution is 2.70. The molecule has 330 valence electrons. The molecule has 59 heavy (non-hydrogen) atoms. The van der Waals surface area contributed by atoms with Crippen LogP contribution in [0.1, 0.15) is 157 Å². The van der Waals surface area contributed by atoms with Crippen LogP contribution in [0, 0.1) is 28.6 Å². The van der Waals surface area contributed by atoms with Crippen LogP contribution in [0.5, 0.6) is 0 Å². The van der Waals surface area contributed by atoms with Crippen LogP contribution in [0.25, 0.3) is 0 Å². The number of hydrogen-bond donors (Lipinski definition) is 2. The molecule has 9 atom stereocenters. The van der Waals surface area contributed by atoms with Crippen molar-refractivity contribution in [2.45, 2.75) is 180 Å². The molecule has 0 heterocycles. The molecule has 1 unspecified atom stereocenters. The van der Waals surface area contributed by atoms with E-state index in [0.29, 0.717) is 43.4 Å². The third-order valence-electron chi connectivity index (χ3n) is 14.2. The van der Waals surface area contributed by atoms with Crippen LogP contribution in [-0.2, 0) is 33.4 Å². The molecular formula is C49H73FO9. The van der Waals surface area contributed by atoms with E-state index in [-0.39, 0.29) is 37.6 Å². The number of ether oxygens (including phenoxy) is 3. The molecule has 0 bridgehead atoms. The first kappa shape index (κ1) is 48.3. The van der Waals surface area contributed by atoms with Gasteiger partial charge in [0.25, 0.3) is 0 Å². The minimum Gasteiger partial charge on any atom is -0.495 e. The predicted octanol–water partition coefficient (Wildman–Crippen LogP) is 9.89. The molecular weight excluding hydrogens is 752 g/mol. The molecule has 3 fully saturated rings. The Labute approximate surface area is 353 Å². The minimum absolute atomic E-state index is 0.111. The van der Waals surface area contributed by atoms with Crippen LogP contribution >= 0.6 is 0 Å². The molecule has 4 aliphatic carbocycles. The lowest BCUT2D eigenvalue weighted by Gasteiger charge is -2.62. The van der Waals surface area contributed by atoms with Gasteiger partial charge in [-0.3, -0.25) is 19.2 Å². The lowest BCUT2D eigenvalue weighted by molar-refractivity contribution is -0.220. The summed E-state index contributed by atoms with van der Waals surface area (Å²) in [5, 5.41) is 23.7. The van der Waals surface area contributed by atoms with Crippen LogP contribution in [0.15, 0.2) is 60.4 Å². The Morgan fingerprint density at radius 3 is 2.31 bits per heavy atom. The van der Waals surface area contributed by atoms with Crippen LogP contribution in [0.2, 0.25) is 0 Å².